The van der Waals surface area contributed by atoms with Crippen LogP contribution in [0.3, 0.4) is 0 Å². The van der Waals surface area contributed by atoms with Crippen molar-refractivity contribution in [3.63, 3.8) is 0 Å². The summed E-state index contributed by atoms with van der Waals surface area (Å²) in [6.07, 6.45) is 1.51. The molecule has 1 saturated heterocycles. The van der Waals surface area contributed by atoms with Crippen molar-refractivity contribution in [2.45, 2.75) is 39.2 Å². The molecule has 26 heavy (non-hydrogen) atoms. The second-order valence-electron chi connectivity index (χ2n) is 6.36. The topological polar surface area (TPSA) is 88.2 Å². The Morgan fingerprint density at radius 1 is 1.19 bits per heavy atom. The van der Waals surface area contributed by atoms with Crippen molar-refractivity contribution >= 4 is 17.7 Å². The number of aromatic nitrogens is 1. The fraction of sp³-hybridized carbons (Fsp3) is 0.300. The van der Waals surface area contributed by atoms with Gasteiger partial charge < -0.3 is 5.32 Å². The molecular weight excluding hydrogens is 330 g/mol. The zero-order valence-corrected chi connectivity index (χ0v) is 14.8. The zero-order valence-electron chi connectivity index (χ0n) is 14.8. The number of nitrogens with one attached hydrogen (secondary N) is 2. The first-order valence-corrected chi connectivity index (χ1v) is 8.69. The molecule has 0 spiro atoms. The Bertz CT molecular complexity index is 859. The standard InChI is InChI=1S/C20H21N3O3/c1-3-13-4-6-14(7-5-13)16-9-8-15(12(2)21-16)19(25)22-17-10-11-18(24)23-20(17)26/h4-9,17H,3,10-11H2,1-2H3,(H,22,25)(H,23,24,26). The van der Waals surface area contributed by atoms with Gasteiger partial charge in [-0.1, -0.05) is 31.2 Å². The van der Waals surface area contributed by atoms with Crippen molar-refractivity contribution in [2.75, 3.05) is 0 Å². The van der Waals surface area contributed by atoms with Crippen LogP contribution in [0, 0.1) is 6.92 Å². The third-order valence-corrected chi connectivity index (χ3v) is 4.53. The average Bonchev–Trinajstić information content (AvgIpc) is 2.64. The van der Waals surface area contributed by atoms with Crippen molar-refractivity contribution in [3.05, 3.63) is 53.2 Å². The van der Waals surface area contributed by atoms with Gasteiger partial charge >= 0.3 is 0 Å². The highest BCUT2D eigenvalue weighted by molar-refractivity contribution is 6.04. The molecule has 2 N–H and O–H groups in total. The lowest BCUT2D eigenvalue weighted by Gasteiger charge is -2.22. The minimum atomic E-state index is -0.694. The highest BCUT2D eigenvalue weighted by atomic mass is 16.2. The first-order valence-electron chi connectivity index (χ1n) is 8.69. The number of hydrogen-bond donors (Lipinski definition) is 2. The Kier molecular flexibility index (Phi) is 5.11. The molecule has 0 bridgehead atoms. The minimum absolute atomic E-state index is 0.223. The SMILES string of the molecule is CCc1ccc(-c2ccc(C(=O)NC3CCC(=O)NC3=O)c(C)n2)cc1. The van der Waals surface area contributed by atoms with Crippen LogP contribution in [0.5, 0.6) is 0 Å². The van der Waals surface area contributed by atoms with Crippen LogP contribution in [-0.4, -0.2) is 28.7 Å². The second kappa shape index (κ2) is 7.47. The summed E-state index contributed by atoms with van der Waals surface area (Å²) >= 11 is 0. The van der Waals surface area contributed by atoms with Crippen LogP contribution in [0.25, 0.3) is 11.3 Å². The zero-order chi connectivity index (χ0) is 18.7. The summed E-state index contributed by atoms with van der Waals surface area (Å²) in [5.74, 6) is -1.14. The van der Waals surface area contributed by atoms with Gasteiger partial charge in [0.2, 0.25) is 11.8 Å². The summed E-state index contributed by atoms with van der Waals surface area (Å²) in [6, 6.07) is 11.0. The predicted octanol–water partition coefficient (Wildman–Crippen LogP) is 2.15. The molecule has 0 saturated carbocycles. The molecular formula is C20H21N3O3. The van der Waals surface area contributed by atoms with Crippen LogP contribution in [-0.2, 0) is 16.0 Å². The molecule has 1 aliphatic heterocycles. The number of nitrogens with zero attached hydrogens (tertiary/aromatic N) is 1. The summed E-state index contributed by atoms with van der Waals surface area (Å²) in [6.45, 7) is 3.87. The molecule has 1 fully saturated rings. The molecule has 2 heterocycles. The lowest BCUT2D eigenvalue weighted by Crippen LogP contribution is -2.52. The number of imide groups is 1. The van der Waals surface area contributed by atoms with E-state index in [0.29, 0.717) is 17.7 Å². The molecule has 1 unspecified atom stereocenters. The van der Waals surface area contributed by atoms with E-state index in [1.54, 1.807) is 19.1 Å². The summed E-state index contributed by atoms with van der Waals surface area (Å²) < 4.78 is 0. The number of rotatable bonds is 4. The summed E-state index contributed by atoms with van der Waals surface area (Å²) in [5.41, 5.74) is 4.05. The van der Waals surface area contributed by atoms with Crippen LogP contribution >= 0.6 is 0 Å². The molecule has 1 aromatic carbocycles. The van der Waals surface area contributed by atoms with Gasteiger partial charge in [-0.25, -0.2) is 0 Å². The lowest BCUT2D eigenvalue weighted by atomic mass is 10.0. The summed E-state index contributed by atoms with van der Waals surface area (Å²) in [5, 5.41) is 4.91. The Morgan fingerprint density at radius 3 is 2.54 bits per heavy atom. The molecule has 1 aliphatic rings. The number of amides is 3. The minimum Gasteiger partial charge on any atom is -0.340 e. The number of benzene rings is 1. The molecule has 134 valence electrons. The Balaban J connectivity index is 1.75. The Hall–Kier alpha value is -3.02. The van der Waals surface area contributed by atoms with Crippen molar-refractivity contribution in [2.24, 2.45) is 0 Å². The van der Waals surface area contributed by atoms with Gasteiger partial charge in [0.15, 0.2) is 0 Å². The monoisotopic (exact) mass is 351 g/mol. The van der Waals surface area contributed by atoms with E-state index in [1.807, 2.05) is 12.1 Å². The van der Waals surface area contributed by atoms with Gasteiger partial charge in [-0.05, 0) is 37.5 Å². The van der Waals surface area contributed by atoms with Crippen LogP contribution in [0.1, 0.15) is 41.4 Å². The van der Waals surface area contributed by atoms with Crippen LogP contribution in [0.2, 0.25) is 0 Å². The molecule has 2 aromatic rings. The smallest absolute Gasteiger partial charge is 0.253 e. The van der Waals surface area contributed by atoms with Gasteiger partial charge in [-0.3, -0.25) is 24.7 Å². The van der Waals surface area contributed by atoms with Crippen LogP contribution in [0.15, 0.2) is 36.4 Å². The van der Waals surface area contributed by atoms with Crippen molar-refractivity contribution in [3.8, 4) is 11.3 Å². The van der Waals surface area contributed by atoms with E-state index >= 15 is 0 Å². The van der Waals surface area contributed by atoms with E-state index in [4.69, 9.17) is 0 Å². The number of hydrogen-bond acceptors (Lipinski definition) is 4. The summed E-state index contributed by atoms with van der Waals surface area (Å²) in [7, 11) is 0. The Labute approximate surface area is 152 Å². The molecule has 0 aliphatic carbocycles. The van der Waals surface area contributed by atoms with Crippen molar-refractivity contribution in [1.29, 1.82) is 0 Å². The molecule has 1 aromatic heterocycles. The van der Waals surface area contributed by atoms with Gasteiger partial charge in [-0.2, -0.15) is 0 Å². The van der Waals surface area contributed by atoms with Crippen molar-refractivity contribution in [1.82, 2.24) is 15.6 Å². The maximum Gasteiger partial charge on any atom is 0.253 e. The lowest BCUT2D eigenvalue weighted by molar-refractivity contribution is -0.134. The number of carbonyl (C=O) groups excluding carboxylic acids is 3. The van der Waals surface area contributed by atoms with E-state index in [-0.39, 0.29) is 18.2 Å². The van der Waals surface area contributed by atoms with E-state index in [2.05, 4.69) is 34.7 Å². The fourth-order valence-corrected chi connectivity index (χ4v) is 2.94. The van der Waals surface area contributed by atoms with Gasteiger partial charge in [0.25, 0.3) is 5.91 Å². The molecule has 6 heteroatoms. The number of aryl methyl sites for hydroxylation is 2. The van der Waals surface area contributed by atoms with E-state index in [1.165, 1.54) is 5.56 Å². The van der Waals surface area contributed by atoms with Crippen LogP contribution in [0.4, 0.5) is 0 Å². The second-order valence-corrected chi connectivity index (χ2v) is 6.36. The van der Waals surface area contributed by atoms with Gasteiger partial charge in [0, 0.05) is 12.0 Å². The fourth-order valence-electron chi connectivity index (χ4n) is 2.94. The van der Waals surface area contributed by atoms with E-state index < -0.39 is 11.9 Å². The molecule has 6 nitrogen and oxygen atoms in total. The third kappa shape index (κ3) is 3.79. The largest absolute Gasteiger partial charge is 0.340 e. The summed E-state index contributed by atoms with van der Waals surface area (Å²) in [4.78, 5) is 40.0. The first kappa shape index (κ1) is 17.8. The molecule has 3 rings (SSSR count). The average molecular weight is 351 g/mol. The number of piperidine rings is 1. The number of pyridine rings is 1. The molecule has 0 radical (unpaired) electrons. The number of carbonyl (C=O) groups is 3. The maximum absolute atomic E-state index is 12.5. The highest BCUT2D eigenvalue weighted by Crippen LogP contribution is 2.20. The van der Waals surface area contributed by atoms with Gasteiger partial charge in [0.05, 0.1) is 17.0 Å². The maximum atomic E-state index is 12.5. The van der Waals surface area contributed by atoms with E-state index in [0.717, 1.165) is 17.7 Å². The normalized spacial score (nSPS) is 16.9. The molecule has 3 amide bonds. The predicted molar refractivity (Wildman–Crippen MR) is 97.4 cm³/mol. The highest BCUT2D eigenvalue weighted by Gasteiger charge is 2.28. The molecule has 1 atom stereocenters. The Morgan fingerprint density at radius 2 is 1.92 bits per heavy atom. The van der Waals surface area contributed by atoms with Gasteiger partial charge in [-0.15, -0.1) is 0 Å². The van der Waals surface area contributed by atoms with Gasteiger partial charge in [0.1, 0.15) is 6.04 Å². The van der Waals surface area contributed by atoms with Crippen LogP contribution < -0.4 is 10.6 Å². The quantitative estimate of drug-likeness (QED) is 0.826. The first-order chi connectivity index (χ1) is 12.5. The van der Waals surface area contributed by atoms with Crippen molar-refractivity contribution < 1.29 is 14.4 Å². The van der Waals surface area contributed by atoms with E-state index in [9.17, 15) is 14.4 Å². The third-order valence-electron chi connectivity index (χ3n) is 4.53.